The molecule has 82 valence electrons. The molecule has 0 bridgehead atoms. The maximum Gasteiger partial charge on any atom is 0.110 e. The van der Waals surface area contributed by atoms with Crippen LogP contribution in [0.4, 0.5) is 0 Å². The zero-order valence-electron chi connectivity index (χ0n) is 7.58. The van der Waals surface area contributed by atoms with Crippen LogP contribution >= 0.6 is 0 Å². The highest BCUT2D eigenvalue weighted by molar-refractivity contribution is 5.03. The fraction of sp³-hybridized carbons (Fsp3) is 1.00. The van der Waals surface area contributed by atoms with Gasteiger partial charge in [-0.25, -0.2) is 0 Å². The average Bonchev–Trinajstić information content (AvgIpc) is 2.54. The summed E-state index contributed by atoms with van der Waals surface area (Å²) in [6.07, 6.45) is -4.19. The zero-order chi connectivity index (χ0) is 10.3. The molecule has 0 aliphatic carbocycles. The van der Waals surface area contributed by atoms with Crippen molar-refractivity contribution in [3.63, 3.8) is 0 Å². The van der Waals surface area contributed by atoms with Crippen molar-refractivity contribution < 1.29 is 25.2 Å². The molecule has 0 unspecified atom stereocenters. The van der Waals surface area contributed by atoms with Crippen LogP contribution in [0, 0.1) is 0 Å². The number of aliphatic hydroxyl groups is 4. The number of rotatable bonds is 1. The number of aliphatic hydroxyl groups excluding tert-OH is 4. The Morgan fingerprint density at radius 3 is 2.57 bits per heavy atom. The van der Waals surface area contributed by atoms with Gasteiger partial charge in [-0.05, 0) is 0 Å². The van der Waals surface area contributed by atoms with E-state index in [1.807, 2.05) is 0 Å². The Labute approximate surface area is 81.1 Å². The minimum atomic E-state index is -1.11. The van der Waals surface area contributed by atoms with E-state index in [-0.39, 0.29) is 6.61 Å². The van der Waals surface area contributed by atoms with Crippen LogP contribution in [0.5, 0.6) is 0 Å². The highest BCUT2D eigenvalue weighted by Gasteiger charge is 2.49. The van der Waals surface area contributed by atoms with Gasteiger partial charge in [-0.3, -0.25) is 0 Å². The highest BCUT2D eigenvalue weighted by Crippen LogP contribution is 2.26. The van der Waals surface area contributed by atoms with E-state index in [2.05, 4.69) is 5.32 Å². The number of hydrogen-bond acceptors (Lipinski definition) is 6. The van der Waals surface area contributed by atoms with E-state index in [9.17, 15) is 15.3 Å². The zero-order valence-corrected chi connectivity index (χ0v) is 7.58. The van der Waals surface area contributed by atoms with Gasteiger partial charge in [-0.15, -0.1) is 0 Å². The molecule has 0 amide bonds. The molecule has 6 atom stereocenters. The summed E-state index contributed by atoms with van der Waals surface area (Å²) in [6, 6.07) is -0.456. The van der Waals surface area contributed by atoms with Gasteiger partial charge < -0.3 is 30.5 Å². The van der Waals surface area contributed by atoms with Gasteiger partial charge in [0.1, 0.15) is 24.4 Å². The first-order valence-electron chi connectivity index (χ1n) is 4.69. The maximum absolute atomic E-state index is 9.65. The van der Waals surface area contributed by atoms with E-state index < -0.39 is 36.6 Å². The fourth-order valence-corrected chi connectivity index (χ4v) is 2.08. The SMILES string of the molecule is OC[C@H]1O[C@@H]2[C@@H](NC[C@H]2O)[C@@H](O)[C@@H]1O. The van der Waals surface area contributed by atoms with Crippen molar-refractivity contribution in [1.82, 2.24) is 5.32 Å². The molecule has 5 N–H and O–H groups in total. The summed E-state index contributed by atoms with van der Waals surface area (Å²) < 4.78 is 5.28. The van der Waals surface area contributed by atoms with Crippen molar-refractivity contribution in [1.29, 1.82) is 0 Å². The van der Waals surface area contributed by atoms with Crippen molar-refractivity contribution in [2.75, 3.05) is 13.2 Å². The van der Waals surface area contributed by atoms with Crippen LogP contribution in [0.2, 0.25) is 0 Å². The predicted molar refractivity (Wildman–Crippen MR) is 45.6 cm³/mol. The molecule has 2 saturated heterocycles. The summed E-state index contributed by atoms with van der Waals surface area (Å²) in [5, 5.41) is 40.4. The van der Waals surface area contributed by atoms with Crippen LogP contribution in [-0.4, -0.2) is 70.1 Å². The summed E-state index contributed by atoms with van der Waals surface area (Å²) in [7, 11) is 0. The average molecular weight is 205 g/mol. The third-order valence-electron chi connectivity index (χ3n) is 2.91. The highest BCUT2D eigenvalue weighted by atomic mass is 16.5. The molecular weight excluding hydrogens is 190 g/mol. The molecule has 0 radical (unpaired) electrons. The van der Waals surface area contributed by atoms with E-state index in [1.54, 1.807) is 0 Å². The number of nitrogens with one attached hydrogen (secondary N) is 1. The van der Waals surface area contributed by atoms with Crippen molar-refractivity contribution in [2.24, 2.45) is 0 Å². The van der Waals surface area contributed by atoms with Gasteiger partial charge in [0.25, 0.3) is 0 Å². The smallest absolute Gasteiger partial charge is 0.110 e. The van der Waals surface area contributed by atoms with Gasteiger partial charge in [-0.2, -0.15) is 0 Å². The van der Waals surface area contributed by atoms with E-state index in [1.165, 1.54) is 0 Å². The summed E-state index contributed by atoms with van der Waals surface area (Å²) in [4.78, 5) is 0. The van der Waals surface area contributed by atoms with Crippen LogP contribution in [0.3, 0.4) is 0 Å². The normalized spacial score (nSPS) is 53.1. The molecular formula is C8H15NO5. The minimum absolute atomic E-state index is 0.331. The molecule has 2 aliphatic rings. The Bertz CT molecular complexity index is 214. The molecule has 2 fully saturated rings. The monoisotopic (exact) mass is 205 g/mol. The predicted octanol–water partition coefficient (Wildman–Crippen LogP) is -3.20. The molecule has 6 nitrogen and oxygen atoms in total. The maximum atomic E-state index is 9.65. The first-order chi connectivity index (χ1) is 6.65. The summed E-state index contributed by atoms with van der Waals surface area (Å²) in [6.45, 7) is -0.0363. The third-order valence-corrected chi connectivity index (χ3v) is 2.91. The van der Waals surface area contributed by atoms with Crippen molar-refractivity contribution in [3.05, 3.63) is 0 Å². The first kappa shape index (κ1) is 10.3. The van der Waals surface area contributed by atoms with Crippen LogP contribution in [0.15, 0.2) is 0 Å². The second-order valence-corrected chi connectivity index (χ2v) is 3.80. The Morgan fingerprint density at radius 1 is 1.21 bits per heavy atom. The fourth-order valence-electron chi connectivity index (χ4n) is 2.08. The minimum Gasteiger partial charge on any atom is -0.394 e. The molecule has 6 heteroatoms. The van der Waals surface area contributed by atoms with Crippen molar-refractivity contribution >= 4 is 0 Å². The molecule has 2 rings (SSSR count). The largest absolute Gasteiger partial charge is 0.394 e. The van der Waals surface area contributed by atoms with Gasteiger partial charge >= 0.3 is 0 Å². The lowest BCUT2D eigenvalue weighted by atomic mass is 9.93. The van der Waals surface area contributed by atoms with Gasteiger partial charge in [0, 0.05) is 6.54 Å². The van der Waals surface area contributed by atoms with E-state index >= 15 is 0 Å². The molecule has 14 heavy (non-hydrogen) atoms. The van der Waals surface area contributed by atoms with Gasteiger partial charge in [0.15, 0.2) is 0 Å². The van der Waals surface area contributed by atoms with Crippen LogP contribution < -0.4 is 5.32 Å². The topological polar surface area (TPSA) is 102 Å². The number of ether oxygens (including phenoxy) is 1. The van der Waals surface area contributed by atoms with Crippen LogP contribution in [0.1, 0.15) is 0 Å². The second kappa shape index (κ2) is 3.73. The van der Waals surface area contributed by atoms with Crippen LogP contribution in [0.25, 0.3) is 0 Å². The lowest BCUT2D eigenvalue weighted by Gasteiger charge is -2.39. The van der Waals surface area contributed by atoms with E-state index in [0.29, 0.717) is 6.54 Å². The Balaban J connectivity index is 2.12. The van der Waals surface area contributed by atoms with Crippen LogP contribution in [-0.2, 0) is 4.74 Å². The summed E-state index contributed by atoms with van der Waals surface area (Å²) in [5.41, 5.74) is 0. The first-order valence-corrected chi connectivity index (χ1v) is 4.69. The molecule has 2 heterocycles. The summed E-state index contributed by atoms with van der Waals surface area (Å²) in [5.74, 6) is 0. The number of fused-ring (bicyclic) bond motifs is 1. The lowest BCUT2D eigenvalue weighted by molar-refractivity contribution is -0.199. The van der Waals surface area contributed by atoms with Gasteiger partial charge in [0.2, 0.25) is 0 Å². The van der Waals surface area contributed by atoms with E-state index in [0.717, 1.165) is 0 Å². The molecule has 0 aromatic heterocycles. The standard InChI is InChI=1S/C8H15NO5/c10-2-4-6(12)7(13)5-8(14-4)3(11)1-9-5/h3-13H,1-2H2/t3-,4-,5+,6-,7-,8+/m1/s1. The lowest BCUT2D eigenvalue weighted by Crippen LogP contribution is -2.61. The number of β-amino-alcohol motifs (C(OH)–C–C–N with tert-alkyl or cyclic N) is 1. The molecule has 0 saturated carbocycles. The molecule has 2 aliphatic heterocycles. The molecule has 0 aromatic rings. The van der Waals surface area contributed by atoms with Crippen molar-refractivity contribution in [2.45, 2.75) is 36.6 Å². The second-order valence-electron chi connectivity index (χ2n) is 3.80. The Hall–Kier alpha value is -0.240. The molecule has 0 spiro atoms. The van der Waals surface area contributed by atoms with Gasteiger partial charge in [-0.1, -0.05) is 0 Å². The number of hydrogen-bond donors (Lipinski definition) is 5. The van der Waals surface area contributed by atoms with Crippen molar-refractivity contribution in [3.8, 4) is 0 Å². The van der Waals surface area contributed by atoms with E-state index in [4.69, 9.17) is 9.84 Å². The van der Waals surface area contributed by atoms with Gasteiger partial charge in [0.05, 0.1) is 18.8 Å². The molecule has 0 aromatic carbocycles. The Morgan fingerprint density at radius 2 is 1.93 bits per heavy atom. The Kier molecular flexibility index (Phi) is 2.74. The third kappa shape index (κ3) is 1.44. The quantitative estimate of drug-likeness (QED) is 0.309. The summed E-state index contributed by atoms with van der Waals surface area (Å²) >= 11 is 0.